The van der Waals surface area contributed by atoms with E-state index in [0.717, 1.165) is 18.2 Å². The molecule has 0 N–H and O–H groups in total. The van der Waals surface area contributed by atoms with Crippen molar-refractivity contribution in [2.75, 3.05) is 0 Å². The number of nitro groups is 1. The average Bonchev–Trinajstić information content (AvgIpc) is 2.52. The first-order valence-corrected chi connectivity index (χ1v) is 6.47. The summed E-state index contributed by atoms with van der Waals surface area (Å²) in [5.74, 6) is 0. The van der Waals surface area contributed by atoms with Gasteiger partial charge >= 0.3 is 12.4 Å². The number of hydrogen-bond acceptors (Lipinski definition) is 3. The molecule has 2 aromatic rings. The lowest BCUT2D eigenvalue weighted by Crippen LogP contribution is -2.11. The van der Waals surface area contributed by atoms with E-state index in [0.29, 0.717) is 12.1 Å². The Bertz CT molecular complexity index is 810. The Kier molecular flexibility index (Phi) is 4.56. The summed E-state index contributed by atoms with van der Waals surface area (Å²) in [6.45, 7) is 0. The monoisotopic (exact) mass is 363 g/mol. The van der Waals surface area contributed by atoms with Gasteiger partial charge in [0.05, 0.1) is 21.6 Å². The van der Waals surface area contributed by atoms with Gasteiger partial charge in [-0.2, -0.15) is 26.3 Å². The van der Waals surface area contributed by atoms with Gasteiger partial charge in [-0.15, -0.1) is 0 Å². The topological polar surface area (TPSA) is 60.2 Å². The van der Waals surface area contributed by atoms with Crippen molar-refractivity contribution in [2.24, 2.45) is 0 Å². The number of nitro benzene ring substituents is 1. The molecule has 0 heterocycles. The molecule has 0 atom stereocenters. The normalized spacial score (nSPS) is 12.1. The molecule has 0 saturated heterocycles. The lowest BCUT2D eigenvalue weighted by Gasteiger charge is -2.14. The van der Waals surface area contributed by atoms with Crippen molar-refractivity contribution in [3.63, 3.8) is 0 Å². The maximum atomic E-state index is 12.9. The van der Waals surface area contributed by atoms with Gasteiger partial charge in [0, 0.05) is 6.07 Å². The molecule has 0 aromatic heterocycles. The van der Waals surface area contributed by atoms with Crippen molar-refractivity contribution >= 4 is 12.0 Å². The molecule has 10 heteroatoms. The van der Waals surface area contributed by atoms with E-state index < -0.39 is 45.2 Å². The van der Waals surface area contributed by atoms with E-state index in [1.165, 1.54) is 0 Å². The van der Waals surface area contributed by atoms with Crippen LogP contribution in [0.3, 0.4) is 0 Å². The molecule has 2 rings (SSSR count). The largest absolute Gasteiger partial charge is 0.416 e. The van der Waals surface area contributed by atoms with Gasteiger partial charge in [-0.3, -0.25) is 14.9 Å². The smallest absolute Gasteiger partial charge is 0.298 e. The van der Waals surface area contributed by atoms with Gasteiger partial charge in [0.25, 0.3) is 5.69 Å². The molecular formula is C15H7F6NO3. The number of carbonyl (C=O) groups is 1. The number of nitrogens with zero attached hydrogens (tertiary/aromatic N) is 1. The van der Waals surface area contributed by atoms with Crippen molar-refractivity contribution in [2.45, 2.75) is 12.4 Å². The molecule has 0 saturated carbocycles. The highest BCUT2D eigenvalue weighted by atomic mass is 19.4. The Morgan fingerprint density at radius 1 is 0.840 bits per heavy atom. The van der Waals surface area contributed by atoms with Gasteiger partial charge < -0.3 is 0 Å². The number of halogens is 6. The third kappa shape index (κ3) is 3.95. The van der Waals surface area contributed by atoms with Crippen LogP contribution in [0.25, 0.3) is 11.1 Å². The highest BCUT2D eigenvalue weighted by molar-refractivity contribution is 5.85. The molecule has 0 bridgehead atoms. The summed E-state index contributed by atoms with van der Waals surface area (Å²) in [7, 11) is 0. The number of rotatable bonds is 3. The second-order valence-electron chi connectivity index (χ2n) is 4.94. The van der Waals surface area contributed by atoms with E-state index in [1.54, 1.807) is 0 Å². The van der Waals surface area contributed by atoms with E-state index in [4.69, 9.17) is 0 Å². The fraction of sp³-hybridized carbons (Fsp3) is 0.133. The summed E-state index contributed by atoms with van der Waals surface area (Å²) in [4.78, 5) is 20.8. The fourth-order valence-electron chi connectivity index (χ4n) is 2.12. The van der Waals surface area contributed by atoms with Crippen LogP contribution in [0.2, 0.25) is 0 Å². The van der Waals surface area contributed by atoms with Crippen molar-refractivity contribution in [3.8, 4) is 11.1 Å². The maximum Gasteiger partial charge on any atom is 0.416 e. The Labute approximate surface area is 135 Å². The van der Waals surface area contributed by atoms with Crippen LogP contribution in [-0.4, -0.2) is 11.2 Å². The van der Waals surface area contributed by atoms with Crippen LogP contribution in [0.4, 0.5) is 32.0 Å². The quantitative estimate of drug-likeness (QED) is 0.329. The molecule has 4 nitrogen and oxygen atoms in total. The zero-order chi connectivity index (χ0) is 19.0. The number of benzene rings is 2. The molecule has 0 amide bonds. The van der Waals surface area contributed by atoms with Crippen LogP contribution in [0.15, 0.2) is 36.4 Å². The van der Waals surface area contributed by atoms with E-state index >= 15 is 0 Å². The molecule has 0 radical (unpaired) electrons. The minimum Gasteiger partial charge on any atom is -0.298 e. The van der Waals surface area contributed by atoms with Gasteiger partial charge in [-0.25, -0.2) is 0 Å². The number of hydrogen-bond donors (Lipinski definition) is 0. The minimum atomic E-state index is -5.02. The molecule has 25 heavy (non-hydrogen) atoms. The second-order valence-corrected chi connectivity index (χ2v) is 4.94. The van der Waals surface area contributed by atoms with Gasteiger partial charge in [0.2, 0.25) is 0 Å². The molecule has 132 valence electrons. The molecule has 0 fully saturated rings. The average molecular weight is 363 g/mol. The maximum absolute atomic E-state index is 12.9. The Hall–Kier alpha value is -2.91. The third-order valence-electron chi connectivity index (χ3n) is 3.27. The van der Waals surface area contributed by atoms with Crippen LogP contribution >= 0.6 is 0 Å². The Morgan fingerprint density at radius 2 is 1.36 bits per heavy atom. The lowest BCUT2D eigenvalue weighted by atomic mass is 9.97. The summed E-state index contributed by atoms with van der Waals surface area (Å²) >= 11 is 0. The van der Waals surface area contributed by atoms with Gasteiger partial charge in [0.1, 0.15) is 0 Å². The summed E-state index contributed by atoms with van der Waals surface area (Å²) in [5, 5.41) is 10.7. The highest BCUT2D eigenvalue weighted by Gasteiger charge is 2.37. The van der Waals surface area contributed by atoms with E-state index in [2.05, 4.69) is 0 Å². The van der Waals surface area contributed by atoms with Gasteiger partial charge in [-0.05, 0) is 41.5 Å². The standard InChI is InChI=1S/C15H7F6NO3/c16-14(17,18)11-4-9(5-12(6-11)15(19,20)21)8-1-2-13(22(24)25)10(3-8)7-23/h1-7H. The Balaban J connectivity index is 2.70. The van der Waals surface area contributed by atoms with Crippen LogP contribution < -0.4 is 0 Å². The molecule has 0 spiro atoms. The fourth-order valence-corrected chi connectivity index (χ4v) is 2.12. The number of alkyl halides is 6. The SMILES string of the molecule is O=Cc1cc(-c2cc(C(F)(F)F)cc(C(F)(F)F)c2)ccc1[N+](=O)[O-]. The highest BCUT2D eigenvalue weighted by Crippen LogP contribution is 2.39. The predicted octanol–water partition coefficient (Wildman–Crippen LogP) is 5.11. The first-order chi connectivity index (χ1) is 11.4. The van der Waals surface area contributed by atoms with Crippen molar-refractivity contribution in [1.82, 2.24) is 0 Å². The lowest BCUT2D eigenvalue weighted by molar-refractivity contribution is -0.385. The zero-order valence-electron chi connectivity index (χ0n) is 12.0. The first-order valence-electron chi connectivity index (χ1n) is 6.47. The van der Waals surface area contributed by atoms with E-state index in [1.807, 2.05) is 0 Å². The van der Waals surface area contributed by atoms with E-state index in [9.17, 15) is 41.3 Å². The summed E-state index contributed by atoms with van der Waals surface area (Å²) in [6, 6.07) is 3.60. The minimum absolute atomic E-state index is 0.0322. The molecule has 0 aliphatic rings. The summed E-state index contributed by atoms with van der Waals surface area (Å²) < 4.78 is 77.1. The summed E-state index contributed by atoms with van der Waals surface area (Å²) in [6.07, 6.45) is -9.95. The number of carbonyl (C=O) groups excluding carboxylic acids is 1. The number of aldehydes is 1. The van der Waals surface area contributed by atoms with Crippen molar-refractivity contribution < 1.29 is 36.1 Å². The van der Waals surface area contributed by atoms with Gasteiger partial charge in [-0.1, -0.05) is 0 Å². The molecule has 2 aromatic carbocycles. The Morgan fingerprint density at radius 3 is 1.76 bits per heavy atom. The molecule has 0 aliphatic heterocycles. The summed E-state index contributed by atoms with van der Waals surface area (Å²) in [5.41, 5.74) is -4.79. The second kappa shape index (κ2) is 6.19. The molecule has 0 unspecified atom stereocenters. The van der Waals surface area contributed by atoms with E-state index in [-0.39, 0.29) is 17.9 Å². The van der Waals surface area contributed by atoms with Gasteiger partial charge in [0.15, 0.2) is 6.29 Å². The zero-order valence-corrected chi connectivity index (χ0v) is 12.0. The first kappa shape index (κ1) is 18.4. The van der Waals surface area contributed by atoms with Crippen molar-refractivity contribution in [1.29, 1.82) is 0 Å². The van der Waals surface area contributed by atoms with Crippen LogP contribution in [0.5, 0.6) is 0 Å². The third-order valence-corrected chi connectivity index (χ3v) is 3.27. The van der Waals surface area contributed by atoms with Crippen LogP contribution in [0.1, 0.15) is 21.5 Å². The molecule has 0 aliphatic carbocycles. The molecular weight excluding hydrogens is 356 g/mol. The van der Waals surface area contributed by atoms with Crippen LogP contribution in [0, 0.1) is 10.1 Å². The van der Waals surface area contributed by atoms with Crippen LogP contribution in [-0.2, 0) is 12.4 Å². The van der Waals surface area contributed by atoms with Crippen molar-refractivity contribution in [3.05, 3.63) is 63.2 Å². The predicted molar refractivity (Wildman–Crippen MR) is 73.9 cm³/mol.